The minimum atomic E-state index is -0.368. The van der Waals surface area contributed by atoms with Crippen LogP contribution >= 0.6 is 11.3 Å². The molecule has 1 aliphatic heterocycles. The zero-order chi connectivity index (χ0) is 25.1. The first-order valence-electron chi connectivity index (χ1n) is 12.3. The molecule has 0 atom stereocenters. The number of nitrogens with zero attached hydrogens (tertiary/aromatic N) is 3. The molecule has 9 nitrogen and oxygen atoms in total. The Balaban J connectivity index is 1.17. The zero-order valence-corrected chi connectivity index (χ0v) is 21.4. The van der Waals surface area contributed by atoms with Gasteiger partial charge in [0.15, 0.2) is 0 Å². The fraction of sp³-hybridized carbons (Fsp3) is 0.462. The number of carbonyl (C=O) groups excluding carboxylic acids is 2. The highest BCUT2D eigenvalue weighted by molar-refractivity contribution is 7.17. The Morgan fingerprint density at radius 3 is 2.61 bits per heavy atom. The van der Waals surface area contributed by atoms with Crippen LogP contribution in [-0.4, -0.2) is 54.2 Å². The zero-order valence-electron chi connectivity index (χ0n) is 20.5. The molecule has 1 aromatic carbocycles. The first-order chi connectivity index (χ1) is 17.6. The molecule has 190 valence electrons. The Labute approximate surface area is 213 Å². The standard InChI is InChI=1S/C26H30N4O5S/c1-33-18-9-7-16(8-10-18)23-27-21(35-29-23)15-30-13-11-17(12-14-30)24(31)28-25-22(26(32)34-2)19-5-3-4-6-20(19)36-25/h7-10,17H,3-6,11-15H2,1-2H3,(H,28,31). The third kappa shape index (κ3) is 5.15. The Kier molecular flexibility index (Phi) is 7.33. The topological polar surface area (TPSA) is 107 Å². The summed E-state index contributed by atoms with van der Waals surface area (Å²) in [6.07, 6.45) is 5.44. The van der Waals surface area contributed by atoms with Gasteiger partial charge in [0, 0.05) is 16.4 Å². The van der Waals surface area contributed by atoms with Crippen molar-refractivity contribution in [2.24, 2.45) is 5.92 Å². The van der Waals surface area contributed by atoms with Gasteiger partial charge in [0.05, 0.1) is 26.3 Å². The maximum Gasteiger partial charge on any atom is 0.341 e. The van der Waals surface area contributed by atoms with Crippen molar-refractivity contribution in [1.82, 2.24) is 15.0 Å². The number of amides is 1. The van der Waals surface area contributed by atoms with Gasteiger partial charge in [-0.25, -0.2) is 4.79 Å². The van der Waals surface area contributed by atoms with Gasteiger partial charge in [0.1, 0.15) is 10.8 Å². The average Bonchev–Trinajstić information content (AvgIpc) is 3.53. The predicted molar refractivity (Wildman–Crippen MR) is 135 cm³/mol. The number of nitrogens with one attached hydrogen (secondary N) is 1. The number of hydrogen-bond acceptors (Lipinski definition) is 9. The van der Waals surface area contributed by atoms with Crippen molar-refractivity contribution in [3.63, 3.8) is 0 Å². The van der Waals surface area contributed by atoms with Crippen LogP contribution in [-0.2, 0) is 28.9 Å². The Morgan fingerprint density at radius 1 is 1.14 bits per heavy atom. The van der Waals surface area contributed by atoms with Gasteiger partial charge >= 0.3 is 5.97 Å². The molecule has 0 radical (unpaired) electrons. The number of esters is 1. The van der Waals surface area contributed by atoms with Crippen molar-refractivity contribution in [1.29, 1.82) is 0 Å². The summed E-state index contributed by atoms with van der Waals surface area (Å²) in [5, 5.41) is 7.79. The van der Waals surface area contributed by atoms with Crippen LogP contribution in [0.3, 0.4) is 0 Å². The normalized spacial score (nSPS) is 16.4. The van der Waals surface area contributed by atoms with Crippen molar-refractivity contribution in [3.05, 3.63) is 46.2 Å². The van der Waals surface area contributed by atoms with Crippen molar-refractivity contribution >= 4 is 28.2 Å². The molecule has 1 N–H and O–H groups in total. The number of thiophene rings is 1. The third-order valence-electron chi connectivity index (χ3n) is 6.93. The predicted octanol–water partition coefficient (Wildman–Crippen LogP) is 4.32. The summed E-state index contributed by atoms with van der Waals surface area (Å²) in [5.41, 5.74) is 2.46. The van der Waals surface area contributed by atoms with Gasteiger partial charge in [-0.15, -0.1) is 11.3 Å². The van der Waals surface area contributed by atoms with Crippen molar-refractivity contribution in [2.45, 2.75) is 45.1 Å². The highest BCUT2D eigenvalue weighted by Crippen LogP contribution is 2.39. The van der Waals surface area contributed by atoms with E-state index >= 15 is 0 Å². The van der Waals surface area contributed by atoms with Gasteiger partial charge in [-0.1, -0.05) is 5.16 Å². The smallest absolute Gasteiger partial charge is 0.341 e. The van der Waals surface area contributed by atoms with E-state index in [2.05, 4.69) is 20.4 Å². The number of fused-ring (bicyclic) bond motifs is 1. The molecule has 0 saturated carbocycles. The van der Waals surface area contributed by atoms with Gasteiger partial charge in [0.25, 0.3) is 0 Å². The van der Waals surface area contributed by atoms with Crippen molar-refractivity contribution < 1.29 is 23.6 Å². The van der Waals surface area contributed by atoms with Crippen LogP contribution in [0.4, 0.5) is 5.00 Å². The van der Waals surface area contributed by atoms with E-state index in [1.165, 1.54) is 23.3 Å². The number of hydrogen-bond donors (Lipinski definition) is 1. The van der Waals surface area contributed by atoms with E-state index < -0.39 is 0 Å². The second-order valence-electron chi connectivity index (χ2n) is 9.19. The fourth-order valence-corrected chi connectivity index (χ4v) is 6.19. The highest BCUT2D eigenvalue weighted by atomic mass is 32.1. The lowest BCUT2D eigenvalue weighted by molar-refractivity contribution is -0.121. The Morgan fingerprint density at radius 2 is 1.89 bits per heavy atom. The molecule has 3 aromatic rings. The maximum absolute atomic E-state index is 13.1. The summed E-state index contributed by atoms with van der Waals surface area (Å²) >= 11 is 1.52. The lowest BCUT2D eigenvalue weighted by atomic mass is 9.94. The molecule has 1 amide bonds. The molecular weight excluding hydrogens is 480 g/mol. The quantitative estimate of drug-likeness (QED) is 0.468. The number of carbonyl (C=O) groups is 2. The first kappa shape index (κ1) is 24.5. The number of piperidine rings is 1. The summed E-state index contributed by atoms with van der Waals surface area (Å²) < 4.78 is 15.7. The molecule has 1 fully saturated rings. The summed E-state index contributed by atoms with van der Waals surface area (Å²) in [6.45, 7) is 2.05. The lowest BCUT2D eigenvalue weighted by Gasteiger charge is -2.30. The van der Waals surface area contributed by atoms with E-state index in [-0.39, 0.29) is 17.8 Å². The van der Waals surface area contributed by atoms with Crippen LogP contribution in [0.5, 0.6) is 5.75 Å². The number of benzene rings is 1. The van der Waals surface area contributed by atoms with Gasteiger partial charge in [-0.05, 0) is 81.4 Å². The summed E-state index contributed by atoms with van der Waals surface area (Å²) in [5.74, 6) is 1.36. The van der Waals surface area contributed by atoms with Gasteiger partial charge in [-0.3, -0.25) is 9.69 Å². The molecule has 0 spiro atoms. The van der Waals surface area contributed by atoms with Crippen molar-refractivity contribution in [3.8, 4) is 17.1 Å². The molecule has 3 heterocycles. The average molecular weight is 511 g/mol. The van der Waals surface area contributed by atoms with E-state index in [0.717, 1.165) is 68.5 Å². The number of anilines is 1. The lowest BCUT2D eigenvalue weighted by Crippen LogP contribution is -2.37. The van der Waals surface area contributed by atoms with Crippen molar-refractivity contribution in [2.75, 3.05) is 32.6 Å². The molecule has 0 bridgehead atoms. The fourth-order valence-electron chi connectivity index (χ4n) is 4.91. The highest BCUT2D eigenvalue weighted by Gasteiger charge is 2.30. The number of methoxy groups -OCH3 is 2. The summed E-state index contributed by atoms with van der Waals surface area (Å²) in [7, 11) is 3.02. The molecule has 5 rings (SSSR count). The van der Waals surface area contributed by atoms with E-state index in [0.29, 0.717) is 28.8 Å². The maximum atomic E-state index is 13.1. The molecule has 2 aromatic heterocycles. The second kappa shape index (κ2) is 10.8. The Hall–Kier alpha value is -3.24. The number of likely N-dealkylation sites (tertiary alicyclic amines) is 1. The van der Waals surface area contributed by atoms with E-state index in [9.17, 15) is 9.59 Å². The molecule has 1 aliphatic carbocycles. The van der Waals surface area contributed by atoms with E-state index in [1.54, 1.807) is 7.11 Å². The first-order valence-corrected chi connectivity index (χ1v) is 13.1. The number of aromatic nitrogens is 2. The van der Waals surface area contributed by atoms with Crippen LogP contribution in [0.25, 0.3) is 11.4 Å². The van der Waals surface area contributed by atoms with Crippen LogP contribution < -0.4 is 10.1 Å². The van der Waals surface area contributed by atoms with E-state index in [1.807, 2.05) is 24.3 Å². The largest absolute Gasteiger partial charge is 0.497 e. The Bertz CT molecular complexity index is 1230. The minimum absolute atomic E-state index is 0.0296. The van der Waals surface area contributed by atoms with Gasteiger partial charge < -0.3 is 19.3 Å². The molecule has 2 aliphatic rings. The van der Waals surface area contributed by atoms with Crippen LogP contribution in [0.15, 0.2) is 28.8 Å². The SMILES string of the molecule is COC(=O)c1c(NC(=O)C2CCN(Cc3nc(-c4ccc(OC)cc4)no3)CC2)sc2c1CCCC2. The van der Waals surface area contributed by atoms with Gasteiger partial charge in [-0.2, -0.15) is 4.98 Å². The molecular formula is C26H30N4O5S. The van der Waals surface area contributed by atoms with E-state index in [4.69, 9.17) is 14.0 Å². The number of rotatable bonds is 7. The summed E-state index contributed by atoms with van der Waals surface area (Å²) in [6, 6.07) is 7.52. The third-order valence-corrected chi connectivity index (χ3v) is 8.14. The van der Waals surface area contributed by atoms with Crippen LogP contribution in [0, 0.1) is 5.92 Å². The van der Waals surface area contributed by atoms with Gasteiger partial charge in [0.2, 0.25) is 17.6 Å². The monoisotopic (exact) mass is 510 g/mol. The molecule has 36 heavy (non-hydrogen) atoms. The second-order valence-corrected chi connectivity index (χ2v) is 10.3. The number of ether oxygens (including phenoxy) is 2. The minimum Gasteiger partial charge on any atom is -0.497 e. The molecule has 0 unspecified atom stereocenters. The molecule has 1 saturated heterocycles. The summed E-state index contributed by atoms with van der Waals surface area (Å²) in [4.78, 5) is 33.5. The molecule has 10 heteroatoms. The van der Waals surface area contributed by atoms with Crippen LogP contribution in [0.1, 0.15) is 52.4 Å². The van der Waals surface area contributed by atoms with Crippen LogP contribution in [0.2, 0.25) is 0 Å². The number of aryl methyl sites for hydroxylation is 1.